The van der Waals surface area contributed by atoms with E-state index in [-0.39, 0.29) is 27.8 Å². The Morgan fingerprint density at radius 1 is 1.14 bits per heavy atom. The lowest BCUT2D eigenvalue weighted by molar-refractivity contribution is -0.139. The molecule has 2 aliphatic rings. The number of halogens is 2. The molecule has 1 atom stereocenters. The van der Waals surface area contributed by atoms with Gasteiger partial charge in [0.2, 0.25) is 15.9 Å². The molecule has 0 radical (unpaired) electrons. The number of carbonyl (C=O) groups excluding carboxylic acids is 1. The Hall–Kier alpha value is -1.12. The van der Waals surface area contributed by atoms with Gasteiger partial charge in [-0.05, 0) is 61.4 Å². The third-order valence-corrected chi connectivity index (χ3v) is 9.49. The number of carbonyl (C=O) groups is 1. The van der Waals surface area contributed by atoms with E-state index in [4.69, 9.17) is 23.2 Å². The largest absolute Gasteiger partial charge is 0.335 e. The number of amides is 1. The Bertz CT molecular complexity index is 1030. The quantitative estimate of drug-likeness (QED) is 0.655. The van der Waals surface area contributed by atoms with E-state index in [9.17, 15) is 13.2 Å². The topological polar surface area (TPSA) is 57.7 Å². The molecule has 29 heavy (non-hydrogen) atoms. The van der Waals surface area contributed by atoms with Crippen molar-refractivity contribution < 1.29 is 13.2 Å². The minimum Gasteiger partial charge on any atom is -0.335 e. The standard InChI is InChI=1S/C20H22Cl2N2O3S2/c1-13-16-7-11-28-18(16)6-10-24(13)20(25)14-4-8-23(9-5-14)29(26,27)19-12-15(21)2-3-17(19)22/h2-3,7,11-14H,4-6,8-10H2,1H3/t13-/m1/s1. The molecule has 156 valence electrons. The van der Waals surface area contributed by atoms with Gasteiger partial charge in [0, 0.05) is 35.5 Å². The van der Waals surface area contributed by atoms with Gasteiger partial charge in [0.25, 0.3) is 0 Å². The van der Waals surface area contributed by atoms with Gasteiger partial charge in [0.15, 0.2) is 0 Å². The van der Waals surface area contributed by atoms with Crippen molar-refractivity contribution in [2.75, 3.05) is 19.6 Å². The highest BCUT2D eigenvalue weighted by molar-refractivity contribution is 7.89. The summed E-state index contributed by atoms with van der Waals surface area (Å²) in [5, 5.41) is 2.56. The molecule has 2 aliphatic heterocycles. The zero-order valence-electron chi connectivity index (χ0n) is 16.0. The summed E-state index contributed by atoms with van der Waals surface area (Å²) in [7, 11) is -3.74. The van der Waals surface area contributed by atoms with E-state index in [0.29, 0.717) is 31.0 Å². The highest BCUT2D eigenvalue weighted by Crippen LogP contribution is 2.36. The molecule has 1 aromatic heterocycles. The molecule has 0 N–H and O–H groups in total. The minimum absolute atomic E-state index is 0.0195. The van der Waals surface area contributed by atoms with E-state index >= 15 is 0 Å². The second-order valence-corrected chi connectivity index (χ2v) is 11.3. The van der Waals surface area contributed by atoms with Crippen LogP contribution >= 0.6 is 34.5 Å². The second kappa shape index (κ2) is 8.19. The predicted molar refractivity (Wildman–Crippen MR) is 116 cm³/mol. The van der Waals surface area contributed by atoms with Gasteiger partial charge in [-0.1, -0.05) is 23.2 Å². The van der Waals surface area contributed by atoms with Crippen molar-refractivity contribution in [3.8, 4) is 0 Å². The molecule has 1 fully saturated rings. The van der Waals surface area contributed by atoms with Crippen molar-refractivity contribution in [1.29, 1.82) is 0 Å². The minimum atomic E-state index is -3.74. The monoisotopic (exact) mass is 472 g/mol. The molecule has 0 unspecified atom stereocenters. The summed E-state index contributed by atoms with van der Waals surface area (Å²) in [5.74, 6) is -0.0221. The SMILES string of the molecule is C[C@@H]1c2ccsc2CCN1C(=O)C1CCN(S(=O)(=O)c2cc(Cl)ccc2Cl)CC1. The van der Waals surface area contributed by atoms with Crippen LogP contribution in [-0.4, -0.2) is 43.2 Å². The van der Waals surface area contributed by atoms with Gasteiger partial charge >= 0.3 is 0 Å². The molecule has 0 spiro atoms. The van der Waals surface area contributed by atoms with Crippen LogP contribution in [0.25, 0.3) is 0 Å². The molecular formula is C20H22Cl2N2O3S2. The molecule has 0 saturated carbocycles. The van der Waals surface area contributed by atoms with Crippen molar-refractivity contribution in [2.24, 2.45) is 5.92 Å². The van der Waals surface area contributed by atoms with Gasteiger partial charge in [0.05, 0.1) is 11.1 Å². The van der Waals surface area contributed by atoms with Gasteiger partial charge in [-0.2, -0.15) is 4.31 Å². The van der Waals surface area contributed by atoms with Crippen LogP contribution in [-0.2, 0) is 21.2 Å². The second-order valence-electron chi connectivity index (χ2n) is 7.51. The van der Waals surface area contributed by atoms with Crippen LogP contribution in [0.3, 0.4) is 0 Å². The lowest BCUT2D eigenvalue weighted by Crippen LogP contribution is -2.46. The first-order chi connectivity index (χ1) is 13.8. The Kier molecular flexibility index (Phi) is 5.97. The lowest BCUT2D eigenvalue weighted by atomic mass is 9.93. The zero-order valence-corrected chi connectivity index (χ0v) is 19.1. The number of rotatable bonds is 3. The van der Waals surface area contributed by atoms with E-state index in [1.807, 2.05) is 4.90 Å². The molecule has 0 aliphatic carbocycles. The fourth-order valence-corrected chi connectivity index (χ4v) is 7.37. The van der Waals surface area contributed by atoms with Crippen molar-refractivity contribution in [1.82, 2.24) is 9.21 Å². The smallest absolute Gasteiger partial charge is 0.244 e. The fraction of sp³-hybridized carbons (Fsp3) is 0.450. The summed E-state index contributed by atoms with van der Waals surface area (Å²) < 4.78 is 27.4. The molecule has 5 nitrogen and oxygen atoms in total. The third-order valence-electron chi connectivity index (χ3n) is 5.87. The molecule has 0 bridgehead atoms. The fourth-order valence-electron chi connectivity index (χ4n) is 4.20. The third kappa shape index (κ3) is 3.95. The van der Waals surface area contributed by atoms with Gasteiger partial charge < -0.3 is 4.90 Å². The molecule has 1 saturated heterocycles. The van der Waals surface area contributed by atoms with Crippen LogP contribution in [0.5, 0.6) is 0 Å². The molecular weight excluding hydrogens is 451 g/mol. The van der Waals surface area contributed by atoms with Crippen LogP contribution in [0.15, 0.2) is 34.5 Å². The van der Waals surface area contributed by atoms with Crippen LogP contribution in [0.4, 0.5) is 0 Å². The first-order valence-electron chi connectivity index (χ1n) is 9.61. The number of piperidine rings is 1. The predicted octanol–water partition coefficient (Wildman–Crippen LogP) is 4.60. The Morgan fingerprint density at radius 3 is 2.59 bits per heavy atom. The summed E-state index contributed by atoms with van der Waals surface area (Å²) in [6, 6.07) is 6.61. The maximum atomic E-state index is 13.1. The van der Waals surface area contributed by atoms with E-state index in [0.717, 1.165) is 13.0 Å². The zero-order chi connectivity index (χ0) is 20.8. The molecule has 3 heterocycles. The van der Waals surface area contributed by atoms with E-state index < -0.39 is 10.0 Å². The summed E-state index contributed by atoms with van der Waals surface area (Å²) in [4.78, 5) is 16.5. The van der Waals surface area contributed by atoms with Crippen molar-refractivity contribution in [2.45, 2.75) is 37.1 Å². The molecule has 9 heteroatoms. The van der Waals surface area contributed by atoms with Crippen LogP contribution < -0.4 is 0 Å². The summed E-state index contributed by atoms with van der Waals surface area (Å²) in [6.07, 6.45) is 1.91. The van der Waals surface area contributed by atoms with E-state index in [2.05, 4.69) is 18.4 Å². The van der Waals surface area contributed by atoms with Crippen LogP contribution in [0, 0.1) is 5.92 Å². The van der Waals surface area contributed by atoms with Crippen molar-refractivity contribution >= 4 is 50.5 Å². The van der Waals surface area contributed by atoms with Gasteiger partial charge in [-0.3, -0.25) is 4.79 Å². The lowest BCUT2D eigenvalue weighted by Gasteiger charge is -2.38. The van der Waals surface area contributed by atoms with Gasteiger partial charge in [-0.25, -0.2) is 8.42 Å². The highest BCUT2D eigenvalue weighted by Gasteiger charge is 2.37. The first kappa shape index (κ1) is 21.1. The number of fused-ring (bicyclic) bond motifs is 1. The van der Waals surface area contributed by atoms with E-state index in [1.54, 1.807) is 17.4 Å². The normalized spacial score (nSPS) is 21.2. The summed E-state index contributed by atoms with van der Waals surface area (Å²) in [5.41, 5.74) is 1.24. The average Bonchev–Trinajstić information content (AvgIpc) is 3.19. The number of thiophene rings is 1. The molecule has 1 amide bonds. The highest BCUT2D eigenvalue weighted by atomic mass is 35.5. The number of hydrogen-bond donors (Lipinski definition) is 0. The molecule has 4 rings (SSSR count). The van der Waals surface area contributed by atoms with Gasteiger partial charge in [-0.15, -0.1) is 11.3 Å². The van der Waals surface area contributed by atoms with E-state index in [1.165, 1.54) is 26.9 Å². The van der Waals surface area contributed by atoms with Crippen molar-refractivity contribution in [3.05, 3.63) is 50.1 Å². The number of sulfonamides is 1. The Morgan fingerprint density at radius 2 is 1.86 bits per heavy atom. The summed E-state index contributed by atoms with van der Waals surface area (Å²) in [6.45, 7) is 3.40. The molecule has 1 aromatic carbocycles. The summed E-state index contributed by atoms with van der Waals surface area (Å²) >= 11 is 13.8. The maximum Gasteiger partial charge on any atom is 0.244 e. The van der Waals surface area contributed by atoms with Crippen LogP contribution in [0.1, 0.15) is 36.2 Å². The Labute approximate surface area is 185 Å². The van der Waals surface area contributed by atoms with Crippen molar-refractivity contribution in [3.63, 3.8) is 0 Å². The average molecular weight is 473 g/mol. The Balaban J connectivity index is 1.44. The molecule has 2 aromatic rings. The number of benzene rings is 1. The first-order valence-corrected chi connectivity index (χ1v) is 12.7. The number of hydrogen-bond acceptors (Lipinski definition) is 4. The maximum absolute atomic E-state index is 13.1. The van der Waals surface area contributed by atoms with Crippen LogP contribution in [0.2, 0.25) is 10.0 Å². The van der Waals surface area contributed by atoms with Gasteiger partial charge in [0.1, 0.15) is 4.90 Å². The number of nitrogens with zero attached hydrogens (tertiary/aromatic N) is 2.